The van der Waals surface area contributed by atoms with Gasteiger partial charge in [-0.05, 0) is 22.7 Å². The Morgan fingerprint density at radius 3 is 2.03 bits per heavy atom. The second-order valence-corrected chi connectivity index (χ2v) is 13.3. The number of hydrogen-bond donors (Lipinski definition) is 3. The van der Waals surface area contributed by atoms with Gasteiger partial charge in [0, 0.05) is 31.8 Å². The summed E-state index contributed by atoms with van der Waals surface area (Å²) in [4.78, 5) is 67.1. The molecule has 4 atom stereocenters. The molecule has 0 aromatic heterocycles. The summed E-state index contributed by atoms with van der Waals surface area (Å²) >= 11 is 0. The van der Waals surface area contributed by atoms with Crippen molar-refractivity contribution in [3.05, 3.63) is 12.7 Å². The molecule has 2 fully saturated rings. The minimum Gasteiger partial charge on any atom is -0.368 e. The number of piperidine rings is 1. The Hall–Kier alpha value is -2.91. The predicted molar refractivity (Wildman–Crippen MR) is 141 cm³/mol. The van der Waals surface area contributed by atoms with E-state index in [9.17, 15) is 24.0 Å². The summed E-state index contributed by atoms with van der Waals surface area (Å²) in [5, 5.41) is 5.69. The molecule has 2 saturated heterocycles. The third-order valence-electron chi connectivity index (χ3n) is 7.29. The fraction of sp³-hybridized carbons (Fsp3) is 0.741. The van der Waals surface area contributed by atoms with E-state index in [2.05, 4.69) is 17.2 Å². The third kappa shape index (κ3) is 7.32. The standard InChI is InChI=1S/C27H45N5O5/c1-10-16-11-12-31(20(16)22(28)35)23(36)21(26(5,6)7)30-24(37)29-17(25(2,3)4)15-32-18(33)13-27(8,9)14-19(32)34/h10,16-17,20-21H,1,11-15H2,2-9H3,(H2,28,35)(H2,29,30,37)/t16-,17+,20-,21+/m0/s1. The highest BCUT2D eigenvalue weighted by Crippen LogP contribution is 2.33. The predicted octanol–water partition coefficient (Wildman–Crippen LogP) is 2.18. The number of nitrogens with one attached hydrogen (secondary N) is 2. The van der Waals surface area contributed by atoms with E-state index in [-0.39, 0.29) is 37.1 Å². The van der Waals surface area contributed by atoms with Gasteiger partial charge in [0.05, 0.1) is 6.04 Å². The summed E-state index contributed by atoms with van der Waals surface area (Å²) in [7, 11) is 0. The molecule has 2 aliphatic heterocycles. The number of amides is 6. The Balaban J connectivity index is 2.22. The van der Waals surface area contributed by atoms with Crippen molar-refractivity contribution in [2.75, 3.05) is 13.1 Å². The minimum atomic E-state index is -0.947. The Labute approximate surface area is 220 Å². The Morgan fingerprint density at radius 1 is 1.05 bits per heavy atom. The minimum absolute atomic E-state index is 0.0374. The molecule has 0 bridgehead atoms. The average Bonchev–Trinajstić information content (AvgIpc) is 3.15. The number of hydrogen-bond acceptors (Lipinski definition) is 5. The number of nitrogens with two attached hydrogens (primary N) is 1. The first-order valence-corrected chi connectivity index (χ1v) is 12.9. The van der Waals surface area contributed by atoms with Gasteiger partial charge in [-0.3, -0.25) is 24.1 Å². The van der Waals surface area contributed by atoms with Gasteiger partial charge in [0.1, 0.15) is 12.1 Å². The Kier molecular flexibility index (Phi) is 8.87. The quantitative estimate of drug-likeness (QED) is 0.349. The third-order valence-corrected chi connectivity index (χ3v) is 7.29. The normalized spacial score (nSPS) is 23.9. The second kappa shape index (κ2) is 10.8. The van der Waals surface area contributed by atoms with Crippen molar-refractivity contribution in [3.63, 3.8) is 0 Å². The number of carbonyl (C=O) groups is 5. The van der Waals surface area contributed by atoms with E-state index in [1.165, 1.54) is 9.80 Å². The lowest BCUT2D eigenvalue weighted by atomic mass is 9.80. The average molecular weight is 520 g/mol. The van der Waals surface area contributed by atoms with E-state index in [4.69, 9.17) is 5.73 Å². The molecule has 0 saturated carbocycles. The van der Waals surface area contributed by atoms with E-state index < -0.39 is 52.2 Å². The molecule has 0 unspecified atom stereocenters. The van der Waals surface area contributed by atoms with Crippen LogP contribution in [-0.2, 0) is 19.2 Å². The Morgan fingerprint density at radius 2 is 1.59 bits per heavy atom. The van der Waals surface area contributed by atoms with E-state index >= 15 is 0 Å². The van der Waals surface area contributed by atoms with Crippen LogP contribution in [0.1, 0.15) is 74.7 Å². The Bertz CT molecular complexity index is 926. The van der Waals surface area contributed by atoms with E-state index in [0.29, 0.717) is 13.0 Å². The number of rotatable bonds is 7. The van der Waals surface area contributed by atoms with Crippen LogP contribution in [-0.4, -0.2) is 70.7 Å². The smallest absolute Gasteiger partial charge is 0.315 e. The number of urea groups is 1. The highest BCUT2D eigenvalue weighted by molar-refractivity contribution is 5.98. The zero-order valence-electron chi connectivity index (χ0n) is 23.6. The second-order valence-electron chi connectivity index (χ2n) is 13.3. The zero-order chi connectivity index (χ0) is 28.5. The summed E-state index contributed by atoms with van der Waals surface area (Å²) in [6.45, 7) is 19.1. The lowest BCUT2D eigenvalue weighted by Crippen LogP contribution is -2.62. The van der Waals surface area contributed by atoms with Crippen molar-refractivity contribution in [1.82, 2.24) is 20.4 Å². The molecule has 0 radical (unpaired) electrons. The van der Waals surface area contributed by atoms with Crippen molar-refractivity contribution < 1.29 is 24.0 Å². The number of imide groups is 1. The topological polar surface area (TPSA) is 142 Å². The maximum atomic E-state index is 13.6. The zero-order valence-corrected chi connectivity index (χ0v) is 23.6. The summed E-state index contributed by atoms with van der Waals surface area (Å²) in [6.07, 6.45) is 2.70. The van der Waals surface area contributed by atoms with Crippen molar-refractivity contribution >= 4 is 29.7 Å². The lowest BCUT2D eigenvalue weighted by molar-refractivity contribution is -0.153. The van der Waals surface area contributed by atoms with Crippen molar-refractivity contribution in [1.29, 1.82) is 0 Å². The van der Waals surface area contributed by atoms with Gasteiger partial charge in [0.15, 0.2) is 0 Å². The van der Waals surface area contributed by atoms with Gasteiger partial charge in [-0.15, -0.1) is 6.58 Å². The van der Waals surface area contributed by atoms with Gasteiger partial charge >= 0.3 is 6.03 Å². The number of carbonyl (C=O) groups excluding carboxylic acids is 5. The van der Waals surface area contributed by atoms with E-state index in [1.807, 2.05) is 55.4 Å². The molecule has 0 aromatic rings. The van der Waals surface area contributed by atoms with E-state index in [0.717, 1.165) is 0 Å². The molecule has 0 aromatic carbocycles. The molecule has 0 aliphatic carbocycles. The highest BCUT2D eigenvalue weighted by atomic mass is 16.2. The van der Waals surface area contributed by atoms with Gasteiger partial charge in [-0.1, -0.05) is 61.5 Å². The molecule has 2 rings (SSSR count). The fourth-order valence-electron chi connectivity index (χ4n) is 4.95. The summed E-state index contributed by atoms with van der Waals surface area (Å²) in [5.41, 5.74) is 4.04. The molecule has 10 nitrogen and oxygen atoms in total. The summed E-state index contributed by atoms with van der Waals surface area (Å²) < 4.78 is 0. The van der Waals surface area contributed by atoms with Crippen LogP contribution in [0.15, 0.2) is 12.7 Å². The molecule has 0 spiro atoms. The van der Waals surface area contributed by atoms with Gasteiger partial charge in [0.25, 0.3) is 0 Å². The maximum absolute atomic E-state index is 13.6. The molecule has 2 heterocycles. The molecule has 208 valence electrons. The highest BCUT2D eigenvalue weighted by Gasteiger charge is 2.45. The summed E-state index contributed by atoms with van der Waals surface area (Å²) in [6, 6.07) is -2.92. The van der Waals surface area contributed by atoms with Gasteiger partial charge < -0.3 is 21.3 Å². The molecule has 4 N–H and O–H groups in total. The molecule has 2 aliphatic rings. The molecule has 10 heteroatoms. The fourth-order valence-corrected chi connectivity index (χ4v) is 4.95. The van der Waals surface area contributed by atoms with Crippen LogP contribution in [0, 0.1) is 22.2 Å². The maximum Gasteiger partial charge on any atom is 0.315 e. The molecule has 37 heavy (non-hydrogen) atoms. The van der Waals surface area contributed by atoms with Crippen LogP contribution in [0.5, 0.6) is 0 Å². The first-order chi connectivity index (χ1) is 16.8. The van der Waals surface area contributed by atoms with Crippen LogP contribution in [0.25, 0.3) is 0 Å². The van der Waals surface area contributed by atoms with E-state index in [1.54, 1.807) is 6.08 Å². The number of nitrogens with zero attached hydrogens (tertiary/aromatic N) is 2. The van der Waals surface area contributed by atoms with Gasteiger partial charge in [-0.2, -0.15) is 0 Å². The molecular weight excluding hydrogens is 474 g/mol. The number of likely N-dealkylation sites (tertiary alicyclic amines) is 2. The number of primary amides is 1. The van der Waals surface area contributed by atoms with Crippen LogP contribution < -0.4 is 16.4 Å². The van der Waals surface area contributed by atoms with Crippen LogP contribution in [0.2, 0.25) is 0 Å². The van der Waals surface area contributed by atoms with Crippen LogP contribution in [0.4, 0.5) is 4.79 Å². The van der Waals surface area contributed by atoms with Gasteiger partial charge in [-0.25, -0.2) is 4.79 Å². The van der Waals surface area contributed by atoms with Gasteiger partial charge in [0.2, 0.25) is 23.6 Å². The lowest BCUT2D eigenvalue weighted by Gasteiger charge is -2.40. The van der Waals surface area contributed by atoms with Crippen molar-refractivity contribution in [2.24, 2.45) is 27.9 Å². The first kappa shape index (κ1) is 30.3. The largest absolute Gasteiger partial charge is 0.368 e. The van der Waals surface area contributed by atoms with Crippen LogP contribution in [0.3, 0.4) is 0 Å². The van der Waals surface area contributed by atoms with Crippen molar-refractivity contribution in [3.8, 4) is 0 Å². The summed E-state index contributed by atoms with van der Waals surface area (Å²) in [5.74, 6) is -1.77. The SMILES string of the molecule is C=C[C@H]1CCN(C(=O)[C@@H](NC(=O)N[C@H](CN2C(=O)CC(C)(C)CC2=O)C(C)(C)C)C(C)(C)C)[C@@H]1C(N)=O. The molecular formula is C27H45N5O5. The van der Waals surface area contributed by atoms with Crippen molar-refractivity contribution in [2.45, 2.75) is 92.8 Å². The van der Waals surface area contributed by atoms with Crippen LogP contribution >= 0.6 is 0 Å². The first-order valence-electron chi connectivity index (χ1n) is 12.9. The monoisotopic (exact) mass is 519 g/mol. The molecule has 6 amide bonds.